The Balaban J connectivity index is 2.18. The van der Waals surface area contributed by atoms with Crippen molar-refractivity contribution >= 4 is 5.97 Å². The van der Waals surface area contributed by atoms with Crippen LogP contribution in [0.5, 0.6) is 0 Å². The summed E-state index contributed by atoms with van der Waals surface area (Å²) in [4.78, 5) is 12.5. The van der Waals surface area contributed by atoms with Crippen molar-refractivity contribution in [1.82, 2.24) is 4.90 Å². The standard InChI is InChI=1S/C11H21NO4/c1-16-8-9-2-4-12(5-3-9)7-10(13)6-11(14)15/h9-10,13H,2-8H2,1H3,(H,14,15). The molecule has 5 nitrogen and oxygen atoms in total. The largest absolute Gasteiger partial charge is 0.481 e. The van der Waals surface area contributed by atoms with E-state index >= 15 is 0 Å². The van der Waals surface area contributed by atoms with Gasteiger partial charge in [-0.25, -0.2) is 0 Å². The Morgan fingerprint density at radius 1 is 1.50 bits per heavy atom. The second-order valence-corrected chi connectivity index (χ2v) is 4.45. The molecule has 94 valence electrons. The van der Waals surface area contributed by atoms with Crippen LogP contribution in [0.2, 0.25) is 0 Å². The maximum absolute atomic E-state index is 10.4. The fourth-order valence-corrected chi connectivity index (χ4v) is 2.14. The fraction of sp³-hybridized carbons (Fsp3) is 0.909. The van der Waals surface area contributed by atoms with Crippen molar-refractivity contribution in [3.05, 3.63) is 0 Å². The molecule has 1 aliphatic rings. The van der Waals surface area contributed by atoms with E-state index in [0.717, 1.165) is 32.5 Å². The summed E-state index contributed by atoms with van der Waals surface area (Å²) in [5.74, 6) is -0.334. The molecule has 0 spiro atoms. The molecule has 1 fully saturated rings. The van der Waals surface area contributed by atoms with Gasteiger partial charge in [0.25, 0.3) is 0 Å². The van der Waals surface area contributed by atoms with Gasteiger partial charge in [0.1, 0.15) is 0 Å². The molecule has 1 saturated heterocycles. The normalized spacial score (nSPS) is 20.9. The van der Waals surface area contributed by atoms with Crippen LogP contribution in [0, 0.1) is 5.92 Å². The van der Waals surface area contributed by atoms with Gasteiger partial charge in [-0.15, -0.1) is 0 Å². The Bertz CT molecular complexity index is 214. The lowest BCUT2D eigenvalue weighted by molar-refractivity contribution is -0.139. The average Bonchev–Trinajstić information content (AvgIpc) is 2.20. The monoisotopic (exact) mass is 231 g/mol. The number of aliphatic hydroxyl groups excluding tert-OH is 1. The van der Waals surface area contributed by atoms with E-state index in [1.807, 2.05) is 0 Å². The lowest BCUT2D eigenvalue weighted by atomic mass is 9.97. The third-order valence-corrected chi connectivity index (χ3v) is 2.99. The van der Waals surface area contributed by atoms with E-state index in [1.165, 1.54) is 0 Å². The molecule has 0 aliphatic carbocycles. The molecule has 0 saturated carbocycles. The molecule has 0 amide bonds. The number of hydrogen-bond acceptors (Lipinski definition) is 4. The molecule has 0 aromatic carbocycles. The molecule has 0 bridgehead atoms. The number of aliphatic carboxylic acids is 1. The van der Waals surface area contributed by atoms with Crippen molar-refractivity contribution in [1.29, 1.82) is 0 Å². The zero-order valence-electron chi connectivity index (χ0n) is 9.76. The highest BCUT2D eigenvalue weighted by molar-refractivity contribution is 5.67. The zero-order chi connectivity index (χ0) is 12.0. The van der Waals surface area contributed by atoms with Crippen LogP contribution in [0.25, 0.3) is 0 Å². The highest BCUT2D eigenvalue weighted by Gasteiger charge is 2.21. The van der Waals surface area contributed by atoms with Gasteiger partial charge in [0, 0.05) is 20.3 Å². The Morgan fingerprint density at radius 3 is 2.62 bits per heavy atom. The summed E-state index contributed by atoms with van der Waals surface area (Å²) in [7, 11) is 1.71. The number of nitrogens with zero attached hydrogens (tertiary/aromatic N) is 1. The number of aliphatic hydroxyl groups is 1. The van der Waals surface area contributed by atoms with Gasteiger partial charge in [0.05, 0.1) is 12.5 Å². The average molecular weight is 231 g/mol. The molecule has 1 heterocycles. The van der Waals surface area contributed by atoms with Gasteiger partial charge in [0.15, 0.2) is 0 Å². The fourth-order valence-electron chi connectivity index (χ4n) is 2.14. The SMILES string of the molecule is COCC1CCN(CC(O)CC(=O)O)CC1. The molecular formula is C11H21NO4. The van der Waals surface area contributed by atoms with Gasteiger partial charge in [-0.2, -0.15) is 0 Å². The van der Waals surface area contributed by atoms with E-state index in [-0.39, 0.29) is 6.42 Å². The molecule has 5 heteroatoms. The minimum Gasteiger partial charge on any atom is -0.481 e. The van der Waals surface area contributed by atoms with Crippen LogP contribution in [-0.2, 0) is 9.53 Å². The summed E-state index contributed by atoms with van der Waals surface area (Å²) in [5.41, 5.74) is 0. The molecule has 2 N–H and O–H groups in total. The Kier molecular flexibility index (Phi) is 5.73. The van der Waals surface area contributed by atoms with Crippen molar-refractivity contribution in [3.63, 3.8) is 0 Å². The van der Waals surface area contributed by atoms with Crippen LogP contribution in [-0.4, -0.2) is 60.5 Å². The van der Waals surface area contributed by atoms with Gasteiger partial charge < -0.3 is 19.8 Å². The van der Waals surface area contributed by atoms with Crippen molar-refractivity contribution in [3.8, 4) is 0 Å². The van der Waals surface area contributed by atoms with Gasteiger partial charge in [-0.1, -0.05) is 0 Å². The van der Waals surface area contributed by atoms with E-state index in [1.54, 1.807) is 7.11 Å². The lowest BCUT2D eigenvalue weighted by Crippen LogP contribution is -2.40. The van der Waals surface area contributed by atoms with E-state index in [9.17, 15) is 9.90 Å². The quantitative estimate of drug-likeness (QED) is 0.682. The summed E-state index contributed by atoms with van der Waals surface area (Å²) in [5, 5.41) is 18.0. The van der Waals surface area contributed by atoms with Crippen molar-refractivity contribution in [2.24, 2.45) is 5.92 Å². The number of piperidine rings is 1. The Morgan fingerprint density at radius 2 is 2.12 bits per heavy atom. The number of likely N-dealkylation sites (tertiary alicyclic amines) is 1. The highest BCUT2D eigenvalue weighted by atomic mass is 16.5. The molecule has 1 rings (SSSR count). The first kappa shape index (κ1) is 13.4. The lowest BCUT2D eigenvalue weighted by Gasteiger charge is -2.32. The van der Waals surface area contributed by atoms with Crippen LogP contribution in [0.1, 0.15) is 19.3 Å². The number of ether oxygens (including phenoxy) is 1. The predicted molar refractivity (Wildman–Crippen MR) is 59.3 cm³/mol. The number of methoxy groups -OCH3 is 1. The number of β-amino-alcohol motifs (C(OH)–C–C–N with tert-alkyl or cyclic N) is 1. The summed E-state index contributed by atoms with van der Waals surface area (Å²) < 4.78 is 5.10. The van der Waals surface area contributed by atoms with Gasteiger partial charge in [-0.05, 0) is 31.8 Å². The van der Waals surface area contributed by atoms with Gasteiger partial charge in [-0.3, -0.25) is 4.79 Å². The van der Waals surface area contributed by atoms with Crippen LogP contribution >= 0.6 is 0 Å². The molecule has 0 aromatic heterocycles. The molecule has 0 aromatic rings. The third kappa shape index (κ3) is 4.92. The first-order chi connectivity index (χ1) is 7.61. The van der Waals surface area contributed by atoms with Crippen LogP contribution in [0.4, 0.5) is 0 Å². The van der Waals surface area contributed by atoms with E-state index in [2.05, 4.69) is 4.90 Å². The van der Waals surface area contributed by atoms with Crippen LogP contribution < -0.4 is 0 Å². The predicted octanol–water partition coefficient (Wildman–Crippen LogP) is 0.180. The topological polar surface area (TPSA) is 70.0 Å². The Hall–Kier alpha value is -0.650. The van der Waals surface area contributed by atoms with Crippen LogP contribution in [0.3, 0.4) is 0 Å². The first-order valence-electron chi connectivity index (χ1n) is 5.73. The van der Waals surface area contributed by atoms with Crippen molar-refractivity contribution < 1.29 is 19.7 Å². The number of carboxylic acid groups (broad SMARTS) is 1. The zero-order valence-corrected chi connectivity index (χ0v) is 9.76. The second kappa shape index (κ2) is 6.83. The number of hydrogen-bond donors (Lipinski definition) is 2. The highest BCUT2D eigenvalue weighted by Crippen LogP contribution is 2.17. The minimum absolute atomic E-state index is 0.169. The number of carboxylic acids is 1. The summed E-state index contributed by atoms with van der Waals surface area (Å²) in [6.07, 6.45) is 1.20. The molecule has 16 heavy (non-hydrogen) atoms. The van der Waals surface area contributed by atoms with E-state index in [0.29, 0.717) is 12.5 Å². The third-order valence-electron chi connectivity index (χ3n) is 2.99. The minimum atomic E-state index is -0.943. The molecular weight excluding hydrogens is 210 g/mol. The number of carbonyl (C=O) groups is 1. The number of rotatable bonds is 6. The summed E-state index contributed by atoms with van der Waals surface area (Å²) in [6.45, 7) is 3.10. The van der Waals surface area contributed by atoms with Gasteiger partial charge in [0.2, 0.25) is 0 Å². The Labute approximate surface area is 96.0 Å². The maximum Gasteiger partial charge on any atom is 0.306 e. The maximum atomic E-state index is 10.4. The second-order valence-electron chi connectivity index (χ2n) is 4.45. The molecule has 1 aliphatic heterocycles. The smallest absolute Gasteiger partial charge is 0.306 e. The van der Waals surface area contributed by atoms with Gasteiger partial charge >= 0.3 is 5.97 Å². The van der Waals surface area contributed by atoms with Crippen molar-refractivity contribution in [2.45, 2.75) is 25.4 Å². The first-order valence-corrected chi connectivity index (χ1v) is 5.73. The summed E-state index contributed by atoms with van der Waals surface area (Å²) in [6, 6.07) is 0. The van der Waals surface area contributed by atoms with Crippen molar-refractivity contribution in [2.75, 3.05) is 33.4 Å². The van der Waals surface area contributed by atoms with E-state index < -0.39 is 12.1 Å². The molecule has 1 unspecified atom stereocenters. The van der Waals surface area contributed by atoms with Crippen LogP contribution in [0.15, 0.2) is 0 Å². The molecule has 0 radical (unpaired) electrons. The molecule has 1 atom stereocenters. The summed E-state index contributed by atoms with van der Waals surface area (Å²) >= 11 is 0. The van der Waals surface area contributed by atoms with E-state index in [4.69, 9.17) is 9.84 Å².